The summed E-state index contributed by atoms with van der Waals surface area (Å²) in [5.41, 5.74) is 11.3. The number of hydrogen-bond acceptors (Lipinski definition) is 2. The maximum Gasteiger partial charge on any atom is 0.0562 e. The van der Waals surface area contributed by atoms with E-state index in [0.717, 1.165) is 6.42 Å². The molecule has 1 nitrogen and oxygen atoms in total. The lowest BCUT2D eigenvalue weighted by atomic mass is 9.98. The molecule has 1 atom stereocenters. The van der Waals surface area contributed by atoms with Gasteiger partial charge >= 0.3 is 0 Å². The van der Waals surface area contributed by atoms with Crippen molar-refractivity contribution in [3.8, 4) is 0 Å². The van der Waals surface area contributed by atoms with Crippen LogP contribution in [0.3, 0.4) is 0 Å². The summed E-state index contributed by atoms with van der Waals surface area (Å²) in [6.07, 6.45) is 1.08. The second-order valence-corrected chi connectivity index (χ2v) is 4.83. The van der Waals surface area contributed by atoms with Crippen LogP contribution in [0.25, 0.3) is 0 Å². The second kappa shape index (κ2) is 4.81. The highest BCUT2D eigenvalue weighted by Crippen LogP contribution is 2.25. The molecule has 1 unspecified atom stereocenters. The Hall–Kier alpha value is -1.12. The monoisotopic (exact) mass is 231 g/mol. The lowest BCUT2D eigenvalue weighted by molar-refractivity contribution is 0.866. The van der Waals surface area contributed by atoms with Gasteiger partial charge in [-0.05, 0) is 46.4 Å². The molecule has 16 heavy (non-hydrogen) atoms. The van der Waals surface area contributed by atoms with Crippen molar-refractivity contribution >= 4 is 11.3 Å². The van der Waals surface area contributed by atoms with E-state index in [2.05, 4.69) is 48.9 Å². The van der Waals surface area contributed by atoms with Crippen LogP contribution in [-0.4, -0.2) is 0 Å². The van der Waals surface area contributed by atoms with Gasteiger partial charge in [0.05, 0.1) is 6.04 Å². The molecule has 0 amide bonds. The van der Waals surface area contributed by atoms with Crippen LogP contribution in [0.4, 0.5) is 0 Å². The summed E-state index contributed by atoms with van der Waals surface area (Å²) >= 11 is 1.72. The van der Waals surface area contributed by atoms with Crippen LogP contribution in [-0.2, 0) is 6.42 Å². The first-order valence-corrected chi connectivity index (χ1v) is 6.53. The summed E-state index contributed by atoms with van der Waals surface area (Å²) in [7, 11) is 0. The molecule has 2 heteroatoms. The first-order valence-electron chi connectivity index (χ1n) is 5.59. The normalized spacial score (nSPS) is 12.7. The van der Waals surface area contributed by atoms with E-state index in [9.17, 15) is 0 Å². The number of nitrogens with two attached hydrogens (primary N) is 1. The van der Waals surface area contributed by atoms with Gasteiger partial charge in [-0.25, -0.2) is 0 Å². The van der Waals surface area contributed by atoms with Crippen molar-refractivity contribution in [2.24, 2.45) is 5.73 Å². The standard InChI is InChI=1S/C14H17NS/c1-3-11-4-6-12(7-5-11)14(15)13-9-16-8-10(13)2/h4-9,14H,3,15H2,1-2H3. The van der Waals surface area contributed by atoms with Gasteiger partial charge in [0.15, 0.2) is 0 Å². The van der Waals surface area contributed by atoms with Crippen molar-refractivity contribution in [3.05, 3.63) is 57.3 Å². The summed E-state index contributed by atoms with van der Waals surface area (Å²) in [4.78, 5) is 0. The van der Waals surface area contributed by atoms with E-state index in [0.29, 0.717) is 0 Å². The maximum atomic E-state index is 6.26. The fourth-order valence-electron chi connectivity index (χ4n) is 1.83. The van der Waals surface area contributed by atoms with Crippen molar-refractivity contribution < 1.29 is 0 Å². The number of thiophene rings is 1. The molecule has 0 aliphatic rings. The first-order chi connectivity index (χ1) is 7.72. The fraction of sp³-hybridized carbons (Fsp3) is 0.286. The smallest absolute Gasteiger partial charge is 0.0562 e. The van der Waals surface area contributed by atoms with Crippen molar-refractivity contribution in [1.82, 2.24) is 0 Å². The molecule has 0 aliphatic heterocycles. The van der Waals surface area contributed by atoms with Gasteiger partial charge in [-0.3, -0.25) is 0 Å². The molecule has 0 radical (unpaired) electrons. The van der Waals surface area contributed by atoms with Crippen LogP contribution >= 0.6 is 11.3 Å². The lowest BCUT2D eigenvalue weighted by Crippen LogP contribution is -2.11. The van der Waals surface area contributed by atoms with Gasteiger partial charge < -0.3 is 5.73 Å². The van der Waals surface area contributed by atoms with Gasteiger partial charge in [0, 0.05) is 0 Å². The molecule has 1 aromatic heterocycles. The molecule has 0 fully saturated rings. The summed E-state index contributed by atoms with van der Waals surface area (Å²) in [5, 5.41) is 4.29. The number of aryl methyl sites for hydroxylation is 2. The molecule has 2 aromatic rings. The summed E-state index contributed by atoms with van der Waals surface area (Å²) < 4.78 is 0. The molecule has 0 bridgehead atoms. The second-order valence-electron chi connectivity index (χ2n) is 4.08. The Morgan fingerprint density at radius 3 is 2.38 bits per heavy atom. The van der Waals surface area contributed by atoms with E-state index in [1.165, 1.54) is 22.3 Å². The largest absolute Gasteiger partial charge is 0.320 e. The van der Waals surface area contributed by atoms with Crippen LogP contribution < -0.4 is 5.73 Å². The van der Waals surface area contributed by atoms with Crippen LogP contribution in [0.5, 0.6) is 0 Å². The number of hydrogen-bond donors (Lipinski definition) is 1. The molecule has 1 heterocycles. The van der Waals surface area contributed by atoms with Crippen LogP contribution in [0.1, 0.15) is 35.2 Å². The molecule has 0 spiro atoms. The predicted molar refractivity (Wildman–Crippen MR) is 70.9 cm³/mol. The van der Waals surface area contributed by atoms with Crippen LogP contribution in [0.15, 0.2) is 35.0 Å². The van der Waals surface area contributed by atoms with Gasteiger partial charge in [-0.1, -0.05) is 31.2 Å². The maximum absolute atomic E-state index is 6.26. The molecular weight excluding hydrogens is 214 g/mol. The zero-order valence-corrected chi connectivity index (χ0v) is 10.6. The van der Waals surface area contributed by atoms with Crippen molar-refractivity contribution in [2.45, 2.75) is 26.3 Å². The Balaban J connectivity index is 2.27. The molecule has 0 saturated heterocycles. The third kappa shape index (κ3) is 2.18. The average Bonchev–Trinajstić information content (AvgIpc) is 2.75. The molecule has 2 N–H and O–H groups in total. The lowest BCUT2D eigenvalue weighted by Gasteiger charge is -2.12. The molecular formula is C14H17NS. The van der Waals surface area contributed by atoms with Crippen molar-refractivity contribution in [3.63, 3.8) is 0 Å². The van der Waals surface area contributed by atoms with Gasteiger partial charge in [0.1, 0.15) is 0 Å². The van der Waals surface area contributed by atoms with Gasteiger partial charge in [0.25, 0.3) is 0 Å². The predicted octanol–water partition coefficient (Wildman–Crippen LogP) is 3.67. The minimum absolute atomic E-state index is 0.0113. The van der Waals surface area contributed by atoms with E-state index in [1.807, 2.05) is 0 Å². The Labute approximate surface area is 101 Å². The SMILES string of the molecule is CCc1ccc(C(N)c2cscc2C)cc1. The van der Waals surface area contributed by atoms with Crippen molar-refractivity contribution in [2.75, 3.05) is 0 Å². The number of rotatable bonds is 3. The molecule has 0 saturated carbocycles. The average molecular weight is 231 g/mol. The van der Waals surface area contributed by atoms with Crippen LogP contribution in [0.2, 0.25) is 0 Å². The quantitative estimate of drug-likeness (QED) is 0.857. The highest BCUT2D eigenvalue weighted by molar-refractivity contribution is 7.08. The van der Waals surface area contributed by atoms with Crippen LogP contribution in [0, 0.1) is 6.92 Å². The van der Waals surface area contributed by atoms with E-state index in [-0.39, 0.29) is 6.04 Å². The summed E-state index contributed by atoms with van der Waals surface area (Å²) in [6, 6.07) is 8.62. The highest BCUT2D eigenvalue weighted by atomic mass is 32.1. The Morgan fingerprint density at radius 1 is 1.19 bits per heavy atom. The summed E-state index contributed by atoms with van der Waals surface area (Å²) in [6.45, 7) is 4.28. The first kappa shape index (κ1) is 11.4. The third-order valence-corrected chi connectivity index (χ3v) is 3.86. The minimum atomic E-state index is 0.0113. The molecule has 1 aromatic carbocycles. The highest BCUT2D eigenvalue weighted by Gasteiger charge is 2.11. The van der Waals surface area contributed by atoms with Gasteiger partial charge in [0.2, 0.25) is 0 Å². The van der Waals surface area contributed by atoms with Crippen molar-refractivity contribution in [1.29, 1.82) is 0 Å². The Bertz CT molecular complexity index is 456. The van der Waals surface area contributed by atoms with E-state index in [4.69, 9.17) is 5.73 Å². The fourth-order valence-corrected chi connectivity index (χ4v) is 2.72. The Morgan fingerprint density at radius 2 is 1.88 bits per heavy atom. The van der Waals surface area contributed by atoms with Gasteiger partial charge in [-0.2, -0.15) is 11.3 Å². The zero-order valence-electron chi connectivity index (χ0n) is 9.73. The van der Waals surface area contributed by atoms with E-state index < -0.39 is 0 Å². The van der Waals surface area contributed by atoms with E-state index >= 15 is 0 Å². The number of benzene rings is 1. The van der Waals surface area contributed by atoms with E-state index in [1.54, 1.807) is 11.3 Å². The minimum Gasteiger partial charge on any atom is -0.320 e. The topological polar surface area (TPSA) is 26.0 Å². The Kier molecular flexibility index (Phi) is 3.42. The summed E-state index contributed by atoms with van der Waals surface area (Å²) in [5.74, 6) is 0. The molecule has 2 rings (SSSR count). The molecule has 84 valence electrons. The zero-order chi connectivity index (χ0) is 11.5. The molecule has 0 aliphatic carbocycles. The third-order valence-electron chi connectivity index (χ3n) is 2.98. The van der Waals surface area contributed by atoms with Gasteiger partial charge in [-0.15, -0.1) is 0 Å².